The van der Waals surface area contributed by atoms with Crippen LogP contribution in [0.5, 0.6) is 0 Å². The van der Waals surface area contributed by atoms with Gasteiger partial charge in [0.1, 0.15) is 5.25 Å². The predicted octanol–water partition coefficient (Wildman–Crippen LogP) is 3.72. The number of ketones is 1. The first-order valence-electron chi connectivity index (χ1n) is 11.5. The van der Waals surface area contributed by atoms with Crippen molar-refractivity contribution in [2.45, 2.75) is 50.4 Å². The lowest BCUT2D eigenvalue weighted by Crippen LogP contribution is -2.44. The Labute approximate surface area is 195 Å². The summed E-state index contributed by atoms with van der Waals surface area (Å²) in [4.78, 5) is 25.6. The summed E-state index contributed by atoms with van der Waals surface area (Å²) in [5.41, 5.74) is 7.61. The van der Waals surface area contributed by atoms with Crippen LogP contribution in [0.4, 0.5) is 4.79 Å². The molecule has 2 aromatic carbocycles. The van der Waals surface area contributed by atoms with E-state index in [4.69, 9.17) is 5.73 Å². The predicted molar refractivity (Wildman–Crippen MR) is 127 cm³/mol. The summed E-state index contributed by atoms with van der Waals surface area (Å²) in [6.07, 6.45) is 2.57. The highest BCUT2D eigenvalue weighted by molar-refractivity contribution is 7.89. The number of primary amides is 1. The van der Waals surface area contributed by atoms with Crippen molar-refractivity contribution in [3.63, 3.8) is 0 Å². The van der Waals surface area contributed by atoms with Crippen molar-refractivity contribution in [3.8, 4) is 0 Å². The number of benzene rings is 2. The van der Waals surface area contributed by atoms with Crippen LogP contribution < -0.4 is 5.73 Å². The molecule has 4 rings (SSSR count). The Morgan fingerprint density at radius 3 is 2.33 bits per heavy atom. The number of urea groups is 1. The molecule has 2 saturated heterocycles. The second-order valence-electron chi connectivity index (χ2n) is 9.18. The molecular weight excluding hydrogens is 438 g/mol. The number of hydrogen-bond acceptors (Lipinski definition) is 4. The summed E-state index contributed by atoms with van der Waals surface area (Å²) in [6, 6.07) is 16.1. The smallest absolute Gasteiger partial charge is 0.314 e. The first-order valence-corrected chi connectivity index (χ1v) is 13.0. The summed E-state index contributed by atoms with van der Waals surface area (Å²) in [5, 5.41) is -0.526. The normalized spacial score (nSPS) is 25.1. The van der Waals surface area contributed by atoms with Gasteiger partial charge in [0.15, 0.2) is 5.78 Å². The maximum atomic E-state index is 13.4. The molecule has 1 unspecified atom stereocenters. The van der Waals surface area contributed by atoms with Gasteiger partial charge in [-0.3, -0.25) is 4.79 Å². The Hall–Kier alpha value is -2.71. The SMILES string of the molecule is C[C@H]1CCC(c2ccccc2)S(=O)(=O)N1Cc1ccc(C(=O)C[C@@H]2CCN(C(N)=O)C2)cc1. The zero-order valence-electron chi connectivity index (χ0n) is 18.9. The third-order valence-corrected chi connectivity index (χ3v) is 9.25. The molecule has 3 atom stereocenters. The molecule has 0 spiro atoms. The van der Waals surface area contributed by atoms with Crippen LogP contribution in [-0.4, -0.2) is 48.6 Å². The zero-order valence-corrected chi connectivity index (χ0v) is 19.7. The van der Waals surface area contributed by atoms with E-state index in [0.717, 1.165) is 24.0 Å². The number of amides is 2. The summed E-state index contributed by atoms with van der Waals surface area (Å²) in [5.74, 6) is 0.153. The van der Waals surface area contributed by atoms with E-state index in [9.17, 15) is 18.0 Å². The first-order chi connectivity index (χ1) is 15.8. The molecule has 2 heterocycles. The van der Waals surface area contributed by atoms with E-state index in [1.54, 1.807) is 21.3 Å². The highest BCUT2D eigenvalue weighted by atomic mass is 32.2. The lowest BCUT2D eigenvalue weighted by atomic mass is 9.97. The number of likely N-dealkylation sites (tertiary alicyclic amines) is 1. The van der Waals surface area contributed by atoms with Crippen molar-refractivity contribution in [3.05, 3.63) is 71.3 Å². The molecule has 2 N–H and O–H groups in total. The van der Waals surface area contributed by atoms with Crippen molar-refractivity contribution in [1.29, 1.82) is 0 Å². The minimum atomic E-state index is -3.50. The minimum absolute atomic E-state index is 0.0287. The average molecular weight is 470 g/mol. The fourth-order valence-electron chi connectivity index (χ4n) is 4.91. The molecule has 8 heteroatoms. The van der Waals surface area contributed by atoms with Gasteiger partial charge in [-0.15, -0.1) is 0 Å². The van der Waals surface area contributed by atoms with Crippen LogP contribution in [0.1, 0.15) is 59.3 Å². The molecule has 7 nitrogen and oxygen atoms in total. The lowest BCUT2D eigenvalue weighted by molar-refractivity contribution is 0.0962. The third kappa shape index (κ3) is 5.12. The number of hydrogen-bond donors (Lipinski definition) is 1. The van der Waals surface area contributed by atoms with Gasteiger partial charge in [0.05, 0.1) is 0 Å². The molecule has 0 aliphatic carbocycles. The van der Waals surface area contributed by atoms with Crippen LogP contribution in [0, 0.1) is 5.92 Å². The molecular formula is C25H31N3O4S. The summed E-state index contributed by atoms with van der Waals surface area (Å²) >= 11 is 0. The molecule has 176 valence electrons. The monoisotopic (exact) mass is 469 g/mol. The lowest BCUT2D eigenvalue weighted by Gasteiger charge is -2.37. The molecule has 0 saturated carbocycles. The molecule has 2 aromatic rings. The summed E-state index contributed by atoms with van der Waals surface area (Å²) in [7, 11) is -3.50. The van der Waals surface area contributed by atoms with Crippen LogP contribution >= 0.6 is 0 Å². The zero-order chi connectivity index (χ0) is 23.6. The molecule has 0 aromatic heterocycles. The number of Topliss-reactive ketones (excluding diaryl/α,β-unsaturated/α-hetero) is 1. The van der Waals surface area contributed by atoms with Crippen molar-refractivity contribution >= 4 is 21.8 Å². The van der Waals surface area contributed by atoms with Crippen molar-refractivity contribution < 1.29 is 18.0 Å². The van der Waals surface area contributed by atoms with E-state index in [0.29, 0.717) is 31.5 Å². The van der Waals surface area contributed by atoms with Crippen molar-refractivity contribution in [1.82, 2.24) is 9.21 Å². The van der Waals surface area contributed by atoms with Gasteiger partial charge >= 0.3 is 6.03 Å². The van der Waals surface area contributed by atoms with Crippen LogP contribution in [0.15, 0.2) is 54.6 Å². The number of carbonyl (C=O) groups excluding carboxylic acids is 2. The molecule has 2 aliphatic heterocycles. The molecule has 0 radical (unpaired) electrons. The number of nitrogens with two attached hydrogens (primary N) is 1. The number of sulfonamides is 1. The molecule has 2 aliphatic rings. The fraction of sp³-hybridized carbons (Fsp3) is 0.440. The van der Waals surface area contributed by atoms with Gasteiger partial charge in [-0.25, -0.2) is 13.2 Å². The van der Waals surface area contributed by atoms with E-state index in [1.807, 2.05) is 49.4 Å². The molecule has 33 heavy (non-hydrogen) atoms. The van der Waals surface area contributed by atoms with E-state index in [1.165, 1.54) is 0 Å². The van der Waals surface area contributed by atoms with Crippen molar-refractivity contribution in [2.75, 3.05) is 13.1 Å². The second kappa shape index (κ2) is 9.65. The quantitative estimate of drug-likeness (QED) is 0.652. The Bertz CT molecular complexity index is 1100. The molecule has 2 amide bonds. The van der Waals surface area contributed by atoms with E-state index < -0.39 is 21.3 Å². The van der Waals surface area contributed by atoms with Crippen LogP contribution in [0.2, 0.25) is 0 Å². The molecule has 0 bridgehead atoms. The van der Waals surface area contributed by atoms with Crippen LogP contribution in [-0.2, 0) is 16.6 Å². The molecule has 2 fully saturated rings. The second-order valence-corrected chi connectivity index (χ2v) is 11.2. The maximum Gasteiger partial charge on any atom is 0.314 e. The van der Waals surface area contributed by atoms with Gasteiger partial charge in [0.2, 0.25) is 10.0 Å². The topological polar surface area (TPSA) is 101 Å². The minimum Gasteiger partial charge on any atom is -0.351 e. The van der Waals surface area contributed by atoms with Gasteiger partial charge in [-0.1, -0.05) is 54.6 Å². The van der Waals surface area contributed by atoms with E-state index in [2.05, 4.69) is 0 Å². The average Bonchev–Trinajstić information content (AvgIpc) is 3.26. The van der Waals surface area contributed by atoms with Gasteiger partial charge in [-0.2, -0.15) is 4.31 Å². The Morgan fingerprint density at radius 2 is 1.70 bits per heavy atom. The van der Waals surface area contributed by atoms with Crippen LogP contribution in [0.3, 0.4) is 0 Å². The van der Waals surface area contributed by atoms with Gasteiger partial charge in [0, 0.05) is 37.7 Å². The summed E-state index contributed by atoms with van der Waals surface area (Å²) < 4.78 is 28.4. The fourth-order valence-corrected chi connectivity index (χ4v) is 7.11. The van der Waals surface area contributed by atoms with Gasteiger partial charge in [-0.05, 0) is 43.2 Å². The third-order valence-electron chi connectivity index (χ3n) is 6.88. The van der Waals surface area contributed by atoms with Gasteiger partial charge < -0.3 is 10.6 Å². The highest BCUT2D eigenvalue weighted by Gasteiger charge is 2.40. The van der Waals surface area contributed by atoms with Gasteiger partial charge in [0.25, 0.3) is 0 Å². The standard InChI is InChI=1S/C25H31N3O4S/c1-18-7-12-24(22-5-3-2-4-6-22)33(31,32)28(18)17-19-8-10-21(11-9-19)23(29)15-20-13-14-27(16-20)25(26)30/h2-6,8-11,18,20,24H,7,12-17H2,1H3,(H2,26,30)/t18-,20-,24?/m0/s1. The first kappa shape index (κ1) is 23.4. The number of nitrogens with zero attached hydrogens (tertiary/aromatic N) is 2. The van der Waals surface area contributed by atoms with Crippen molar-refractivity contribution in [2.24, 2.45) is 11.7 Å². The van der Waals surface area contributed by atoms with Crippen LogP contribution in [0.25, 0.3) is 0 Å². The number of rotatable bonds is 6. The largest absolute Gasteiger partial charge is 0.351 e. The Morgan fingerprint density at radius 1 is 1.00 bits per heavy atom. The van der Waals surface area contributed by atoms with E-state index in [-0.39, 0.29) is 24.3 Å². The number of carbonyl (C=O) groups is 2. The Kier molecular flexibility index (Phi) is 6.86. The maximum absolute atomic E-state index is 13.4. The van der Waals surface area contributed by atoms with E-state index >= 15 is 0 Å². The Balaban J connectivity index is 1.42. The highest BCUT2D eigenvalue weighted by Crippen LogP contribution is 2.38. The summed E-state index contributed by atoms with van der Waals surface area (Å²) in [6.45, 7) is 3.36.